The Morgan fingerprint density at radius 2 is 2.20 bits per heavy atom. The zero-order valence-corrected chi connectivity index (χ0v) is 10.5. The summed E-state index contributed by atoms with van der Waals surface area (Å²) < 4.78 is 11.2. The van der Waals surface area contributed by atoms with Crippen LogP contribution in [0.25, 0.3) is 0 Å². The van der Waals surface area contributed by atoms with Gasteiger partial charge in [-0.3, -0.25) is 0 Å². The molecular formula is C12H25NO2. The Morgan fingerprint density at radius 1 is 1.47 bits per heavy atom. The van der Waals surface area contributed by atoms with Gasteiger partial charge >= 0.3 is 0 Å². The van der Waals surface area contributed by atoms with Crippen molar-refractivity contribution < 1.29 is 9.47 Å². The lowest BCUT2D eigenvalue weighted by Crippen LogP contribution is -2.52. The molecule has 0 saturated carbocycles. The molecule has 1 rings (SSSR count). The van der Waals surface area contributed by atoms with Crippen LogP contribution in [0.3, 0.4) is 0 Å². The van der Waals surface area contributed by atoms with Crippen molar-refractivity contribution in [2.75, 3.05) is 26.9 Å². The lowest BCUT2D eigenvalue weighted by Gasteiger charge is -2.34. The minimum Gasteiger partial charge on any atom is -0.383 e. The van der Waals surface area contributed by atoms with Gasteiger partial charge in [0.25, 0.3) is 0 Å². The Labute approximate surface area is 93.5 Å². The first-order chi connectivity index (χ1) is 7.14. The van der Waals surface area contributed by atoms with E-state index in [0.717, 1.165) is 26.2 Å². The first-order valence-electron chi connectivity index (χ1n) is 6.00. The Hall–Kier alpha value is -0.120. The second-order valence-corrected chi connectivity index (χ2v) is 4.74. The summed E-state index contributed by atoms with van der Waals surface area (Å²) in [6.45, 7) is 9.13. The van der Waals surface area contributed by atoms with Gasteiger partial charge in [-0.15, -0.1) is 0 Å². The van der Waals surface area contributed by atoms with Crippen LogP contribution in [-0.2, 0) is 9.47 Å². The number of ether oxygens (including phenoxy) is 2. The van der Waals surface area contributed by atoms with Crippen LogP contribution in [0.2, 0.25) is 0 Å². The molecule has 1 fully saturated rings. The van der Waals surface area contributed by atoms with Crippen LogP contribution in [0.15, 0.2) is 0 Å². The van der Waals surface area contributed by atoms with Gasteiger partial charge in [0.05, 0.1) is 24.9 Å². The fourth-order valence-electron chi connectivity index (χ4n) is 2.08. The summed E-state index contributed by atoms with van der Waals surface area (Å²) in [4.78, 5) is 0. The van der Waals surface area contributed by atoms with E-state index in [4.69, 9.17) is 9.47 Å². The molecule has 1 saturated heterocycles. The monoisotopic (exact) mass is 215 g/mol. The number of nitrogens with one attached hydrogen (secondary N) is 1. The minimum atomic E-state index is 0.0399. The van der Waals surface area contributed by atoms with Gasteiger partial charge in [0.2, 0.25) is 0 Å². The zero-order chi connectivity index (χ0) is 11.3. The molecule has 0 bridgehead atoms. The maximum atomic E-state index is 5.86. The molecular weight excluding hydrogens is 190 g/mol. The summed E-state index contributed by atoms with van der Waals surface area (Å²) in [5, 5.41) is 3.55. The Kier molecular flexibility index (Phi) is 5.03. The molecule has 90 valence electrons. The first-order valence-corrected chi connectivity index (χ1v) is 6.00. The smallest absolute Gasteiger partial charge is 0.0679 e. The number of methoxy groups -OCH3 is 1. The average Bonchev–Trinajstić information content (AvgIpc) is 2.58. The second kappa shape index (κ2) is 5.83. The van der Waals surface area contributed by atoms with Crippen molar-refractivity contribution in [2.24, 2.45) is 5.92 Å². The van der Waals surface area contributed by atoms with Crippen LogP contribution in [-0.4, -0.2) is 38.5 Å². The predicted octanol–water partition coefficient (Wildman–Crippen LogP) is 1.82. The maximum absolute atomic E-state index is 5.86. The van der Waals surface area contributed by atoms with Crippen molar-refractivity contribution in [1.82, 2.24) is 5.32 Å². The molecule has 15 heavy (non-hydrogen) atoms. The van der Waals surface area contributed by atoms with Gasteiger partial charge in [0, 0.05) is 7.11 Å². The van der Waals surface area contributed by atoms with Gasteiger partial charge in [0.15, 0.2) is 0 Å². The van der Waals surface area contributed by atoms with E-state index < -0.39 is 0 Å². The zero-order valence-electron chi connectivity index (χ0n) is 10.5. The fraction of sp³-hybridized carbons (Fsp3) is 1.00. The van der Waals surface area contributed by atoms with Crippen molar-refractivity contribution in [1.29, 1.82) is 0 Å². The largest absolute Gasteiger partial charge is 0.383 e. The number of hydrogen-bond acceptors (Lipinski definition) is 3. The molecule has 0 amide bonds. The quantitative estimate of drug-likeness (QED) is 0.733. The van der Waals surface area contributed by atoms with E-state index in [9.17, 15) is 0 Å². The average molecular weight is 215 g/mol. The van der Waals surface area contributed by atoms with Crippen molar-refractivity contribution in [3.05, 3.63) is 0 Å². The second-order valence-electron chi connectivity index (χ2n) is 4.74. The SMILES string of the molecule is CCC(C)OCC1(COC)NCCC1C. The van der Waals surface area contributed by atoms with Crippen LogP contribution in [0.4, 0.5) is 0 Å². The summed E-state index contributed by atoms with van der Waals surface area (Å²) in [6.07, 6.45) is 2.62. The summed E-state index contributed by atoms with van der Waals surface area (Å²) in [5.41, 5.74) is 0.0399. The summed E-state index contributed by atoms with van der Waals surface area (Å²) in [7, 11) is 1.76. The van der Waals surface area contributed by atoms with Crippen LogP contribution in [0.5, 0.6) is 0 Å². The molecule has 3 nitrogen and oxygen atoms in total. The van der Waals surface area contributed by atoms with Crippen molar-refractivity contribution in [2.45, 2.75) is 45.3 Å². The summed E-state index contributed by atoms with van der Waals surface area (Å²) in [5.74, 6) is 0.626. The molecule has 1 aliphatic rings. The van der Waals surface area contributed by atoms with E-state index in [1.54, 1.807) is 7.11 Å². The molecule has 1 heterocycles. The summed E-state index contributed by atoms with van der Waals surface area (Å²) >= 11 is 0. The highest BCUT2D eigenvalue weighted by molar-refractivity contribution is 4.98. The Bertz CT molecular complexity index is 186. The number of rotatable bonds is 6. The molecule has 3 atom stereocenters. The Balaban J connectivity index is 2.49. The highest BCUT2D eigenvalue weighted by Crippen LogP contribution is 2.27. The fourth-order valence-corrected chi connectivity index (χ4v) is 2.08. The molecule has 0 aromatic heterocycles. The van der Waals surface area contributed by atoms with Gasteiger partial charge < -0.3 is 14.8 Å². The van der Waals surface area contributed by atoms with Gasteiger partial charge in [-0.05, 0) is 32.2 Å². The van der Waals surface area contributed by atoms with E-state index in [0.29, 0.717) is 12.0 Å². The predicted molar refractivity (Wildman–Crippen MR) is 62.1 cm³/mol. The minimum absolute atomic E-state index is 0.0399. The standard InChI is InChI=1S/C12H25NO2/c1-5-11(3)15-9-12(8-14-4)10(2)6-7-13-12/h10-11,13H,5-9H2,1-4H3. The van der Waals surface area contributed by atoms with Gasteiger partial charge in [-0.25, -0.2) is 0 Å². The molecule has 3 unspecified atom stereocenters. The van der Waals surface area contributed by atoms with Crippen molar-refractivity contribution in [3.8, 4) is 0 Å². The molecule has 1 N–H and O–H groups in total. The van der Waals surface area contributed by atoms with Crippen molar-refractivity contribution >= 4 is 0 Å². The molecule has 0 aromatic carbocycles. The topological polar surface area (TPSA) is 30.5 Å². The highest BCUT2D eigenvalue weighted by Gasteiger charge is 2.40. The highest BCUT2D eigenvalue weighted by atomic mass is 16.5. The van der Waals surface area contributed by atoms with Crippen molar-refractivity contribution in [3.63, 3.8) is 0 Å². The molecule has 1 aliphatic heterocycles. The van der Waals surface area contributed by atoms with E-state index >= 15 is 0 Å². The van der Waals surface area contributed by atoms with E-state index in [1.165, 1.54) is 6.42 Å². The number of hydrogen-bond donors (Lipinski definition) is 1. The van der Waals surface area contributed by atoms with Gasteiger partial charge in [-0.2, -0.15) is 0 Å². The lowest BCUT2D eigenvalue weighted by molar-refractivity contribution is -0.0192. The third kappa shape index (κ3) is 3.16. The normalized spacial score (nSPS) is 33.2. The van der Waals surface area contributed by atoms with Crippen LogP contribution in [0, 0.1) is 5.92 Å². The van der Waals surface area contributed by atoms with Crippen LogP contribution in [0.1, 0.15) is 33.6 Å². The van der Waals surface area contributed by atoms with E-state index in [2.05, 4.69) is 26.1 Å². The molecule has 0 aromatic rings. The maximum Gasteiger partial charge on any atom is 0.0679 e. The van der Waals surface area contributed by atoms with Crippen LogP contribution < -0.4 is 5.32 Å². The molecule has 0 radical (unpaired) electrons. The molecule has 0 spiro atoms. The molecule has 3 heteroatoms. The lowest BCUT2D eigenvalue weighted by atomic mass is 9.88. The van der Waals surface area contributed by atoms with Gasteiger partial charge in [-0.1, -0.05) is 13.8 Å². The first kappa shape index (κ1) is 12.9. The third-order valence-electron chi connectivity index (χ3n) is 3.60. The van der Waals surface area contributed by atoms with E-state index in [-0.39, 0.29) is 5.54 Å². The van der Waals surface area contributed by atoms with Gasteiger partial charge in [0.1, 0.15) is 0 Å². The summed E-state index contributed by atoms with van der Waals surface area (Å²) in [6, 6.07) is 0. The molecule has 0 aliphatic carbocycles. The van der Waals surface area contributed by atoms with E-state index in [1.807, 2.05) is 0 Å². The third-order valence-corrected chi connectivity index (χ3v) is 3.60. The van der Waals surface area contributed by atoms with Crippen LogP contribution >= 0.6 is 0 Å². The Morgan fingerprint density at radius 3 is 2.67 bits per heavy atom.